The molecule has 0 aliphatic heterocycles. The van der Waals surface area contributed by atoms with Crippen LogP contribution in [0.1, 0.15) is 13.8 Å². The number of carbonyl (C=O) groups excluding carboxylic acids is 1. The van der Waals surface area contributed by atoms with E-state index < -0.39 is 17.7 Å². The van der Waals surface area contributed by atoms with E-state index in [9.17, 15) is 18.0 Å². The van der Waals surface area contributed by atoms with Crippen LogP contribution in [-0.4, -0.2) is 17.7 Å². The number of carbonyl (C=O) groups is 1. The summed E-state index contributed by atoms with van der Waals surface area (Å²) >= 11 is 0. The molecule has 0 aromatic carbocycles. The van der Waals surface area contributed by atoms with E-state index in [1.807, 2.05) is 0 Å². The maximum atomic E-state index is 12.0. The molecule has 1 atom stereocenters. The van der Waals surface area contributed by atoms with Crippen molar-refractivity contribution in [2.24, 2.45) is 0 Å². The Kier molecular flexibility index (Phi) is 2.70. The van der Waals surface area contributed by atoms with Gasteiger partial charge in [0.05, 0.1) is 0 Å². The molecule has 0 spiro atoms. The van der Waals surface area contributed by atoms with Crippen LogP contribution < -0.4 is 0 Å². The first kappa shape index (κ1) is 10.8. The van der Waals surface area contributed by atoms with E-state index >= 15 is 0 Å². The lowest BCUT2D eigenvalue weighted by Crippen LogP contribution is -2.44. The van der Waals surface area contributed by atoms with Crippen molar-refractivity contribution in [3.63, 3.8) is 0 Å². The highest BCUT2D eigenvalue weighted by Crippen LogP contribution is 2.32. The number of ether oxygens (including phenoxy) is 1. The van der Waals surface area contributed by atoms with Gasteiger partial charge >= 0.3 is 12.1 Å². The monoisotopic (exact) mass is 181 g/mol. The Labute approximate surface area is 66.7 Å². The fourth-order valence-electron chi connectivity index (χ4n) is 0.432. The normalized spacial score (nSPS) is 16.0. The summed E-state index contributed by atoms with van der Waals surface area (Å²) < 4.78 is 39.7. The van der Waals surface area contributed by atoms with Gasteiger partial charge in [-0.15, -0.1) is 0 Å². The van der Waals surface area contributed by atoms with Crippen molar-refractivity contribution in [1.82, 2.24) is 0 Å². The maximum absolute atomic E-state index is 12.0. The minimum atomic E-state index is -4.87. The summed E-state index contributed by atoms with van der Waals surface area (Å²) in [5, 5.41) is 8.12. The Hall–Kier alpha value is -1.25. The molecule has 0 rings (SSSR count). The highest BCUT2D eigenvalue weighted by Gasteiger charge is 2.55. The Morgan fingerprint density at radius 1 is 1.50 bits per heavy atom. The SMILES string of the molecule is CC(=O)OC(C)(C#N)C(F)(F)F. The van der Waals surface area contributed by atoms with Crippen molar-refractivity contribution in [3.05, 3.63) is 0 Å². The van der Waals surface area contributed by atoms with Gasteiger partial charge in [-0.3, -0.25) is 4.79 Å². The molecular formula is C6H6F3NO2. The minimum Gasteiger partial charge on any atom is -0.434 e. The van der Waals surface area contributed by atoms with Crippen LogP contribution in [0.25, 0.3) is 0 Å². The van der Waals surface area contributed by atoms with Gasteiger partial charge in [-0.2, -0.15) is 18.4 Å². The summed E-state index contributed by atoms with van der Waals surface area (Å²) in [7, 11) is 0. The third-order valence-electron chi connectivity index (χ3n) is 1.10. The molecule has 0 radical (unpaired) electrons. The number of hydrogen-bond acceptors (Lipinski definition) is 3. The number of alkyl halides is 3. The molecule has 0 aliphatic carbocycles. The topological polar surface area (TPSA) is 50.1 Å². The number of nitriles is 1. The van der Waals surface area contributed by atoms with E-state index in [2.05, 4.69) is 4.74 Å². The number of halogens is 3. The number of nitrogens with zero attached hydrogens (tertiary/aromatic N) is 1. The summed E-state index contributed by atoms with van der Waals surface area (Å²) in [5.74, 6) is -1.14. The average molecular weight is 181 g/mol. The van der Waals surface area contributed by atoms with Crippen molar-refractivity contribution < 1.29 is 22.7 Å². The van der Waals surface area contributed by atoms with Gasteiger partial charge in [0, 0.05) is 6.92 Å². The Morgan fingerprint density at radius 2 is 1.92 bits per heavy atom. The van der Waals surface area contributed by atoms with Crippen LogP contribution in [0, 0.1) is 11.3 Å². The standard InChI is InChI=1S/C6H6F3NO2/c1-4(11)12-5(2,3-10)6(7,8)9/h1-2H3. The second-order valence-electron chi connectivity index (χ2n) is 2.24. The molecule has 0 amide bonds. The predicted molar refractivity (Wildman–Crippen MR) is 31.8 cm³/mol. The van der Waals surface area contributed by atoms with E-state index in [4.69, 9.17) is 5.26 Å². The van der Waals surface area contributed by atoms with Gasteiger partial charge in [-0.25, -0.2) is 0 Å². The molecule has 0 heterocycles. The molecule has 0 saturated heterocycles. The Balaban J connectivity index is 4.72. The smallest absolute Gasteiger partial charge is 0.434 e. The van der Waals surface area contributed by atoms with Crippen LogP contribution in [0.4, 0.5) is 13.2 Å². The highest BCUT2D eigenvalue weighted by atomic mass is 19.4. The first-order valence-electron chi connectivity index (χ1n) is 2.90. The van der Waals surface area contributed by atoms with Crippen LogP contribution in [0.15, 0.2) is 0 Å². The maximum Gasteiger partial charge on any atom is 0.442 e. The van der Waals surface area contributed by atoms with Crippen molar-refractivity contribution >= 4 is 5.97 Å². The molecule has 0 saturated carbocycles. The summed E-state index contributed by atoms with van der Waals surface area (Å²) in [4.78, 5) is 10.2. The molecule has 0 aromatic heterocycles. The highest BCUT2D eigenvalue weighted by molar-refractivity contribution is 5.67. The van der Waals surface area contributed by atoms with E-state index in [1.165, 1.54) is 0 Å². The average Bonchev–Trinajstić information content (AvgIpc) is 1.83. The van der Waals surface area contributed by atoms with Gasteiger partial charge in [-0.05, 0) is 6.92 Å². The first-order valence-corrected chi connectivity index (χ1v) is 2.90. The zero-order valence-corrected chi connectivity index (χ0v) is 6.40. The minimum absolute atomic E-state index is 0.494. The molecule has 3 nitrogen and oxygen atoms in total. The lowest BCUT2D eigenvalue weighted by molar-refractivity contribution is -0.242. The Morgan fingerprint density at radius 3 is 2.00 bits per heavy atom. The lowest BCUT2D eigenvalue weighted by atomic mass is 10.1. The van der Waals surface area contributed by atoms with E-state index in [1.54, 1.807) is 0 Å². The second-order valence-corrected chi connectivity index (χ2v) is 2.24. The molecule has 68 valence electrons. The van der Waals surface area contributed by atoms with Crippen LogP contribution in [0.5, 0.6) is 0 Å². The van der Waals surface area contributed by atoms with E-state index in [-0.39, 0.29) is 0 Å². The number of esters is 1. The quantitative estimate of drug-likeness (QED) is 0.574. The molecule has 0 N–H and O–H groups in total. The summed E-state index contributed by atoms with van der Waals surface area (Å²) in [6.45, 7) is 1.30. The van der Waals surface area contributed by atoms with Gasteiger partial charge in [0.2, 0.25) is 0 Å². The van der Waals surface area contributed by atoms with Crippen LogP contribution in [0.3, 0.4) is 0 Å². The van der Waals surface area contributed by atoms with Gasteiger partial charge in [0.15, 0.2) is 0 Å². The number of rotatable bonds is 1. The van der Waals surface area contributed by atoms with E-state index in [0.29, 0.717) is 6.92 Å². The summed E-state index contributed by atoms with van der Waals surface area (Å²) in [5.41, 5.74) is -3.04. The second kappa shape index (κ2) is 3.01. The molecule has 0 bridgehead atoms. The Bertz CT molecular complexity index is 230. The van der Waals surface area contributed by atoms with Crippen molar-refractivity contribution in [2.75, 3.05) is 0 Å². The molecule has 6 heteroatoms. The zero-order valence-electron chi connectivity index (χ0n) is 6.40. The van der Waals surface area contributed by atoms with Crippen molar-refractivity contribution in [3.8, 4) is 6.07 Å². The summed E-state index contributed by atoms with van der Waals surface area (Å²) in [6, 6.07) is 0.882. The van der Waals surface area contributed by atoms with Gasteiger partial charge in [0.1, 0.15) is 6.07 Å². The van der Waals surface area contributed by atoms with Crippen molar-refractivity contribution in [1.29, 1.82) is 5.26 Å². The van der Waals surface area contributed by atoms with Crippen molar-refractivity contribution in [2.45, 2.75) is 25.6 Å². The molecule has 12 heavy (non-hydrogen) atoms. The molecule has 0 aromatic rings. The summed E-state index contributed by atoms with van der Waals surface area (Å²) in [6.07, 6.45) is -4.87. The van der Waals surface area contributed by atoms with Gasteiger partial charge in [-0.1, -0.05) is 0 Å². The third kappa shape index (κ3) is 2.12. The van der Waals surface area contributed by atoms with Crippen LogP contribution in [-0.2, 0) is 9.53 Å². The fourth-order valence-corrected chi connectivity index (χ4v) is 0.432. The third-order valence-corrected chi connectivity index (χ3v) is 1.10. The zero-order chi connectivity index (χ0) is 9.99. The fraction of sp³-hybridized carbons (Fsp3) is 0.667. The molecular weight excluding hydrogens is 175 g/mol. The molecule has 0 fully saturated rings. The molecule has 1 unspecified atom stereocenters. The van der Waals surface area contributed by atoms with Crippen LogP contribution >= 0.6 is 0 Å². The van der Waals surface area contributed by atoms with Gasteiger partial charge < -0.3 is 4.74 Å². The van der Waals surface area contributed by atoms with Gasteiger partial charge in [0.25, 0.3) is 5.60 Å². The lowest BCUT2D eigenvalue weighted by Gasteiger charge is -2.23. The first-order chi connectivity index (χ1) is 5.23. The van der Waals surface area contributed by atoms with Crippen LogP contribution in [0.2, 0.25) is 0 Å². The number of hydrogen-bond donors (Lipinski definition) is 0. The predicted octanol–water partition coefficient (Wildman–Crippen LogP) is 1.39. The van der Waals surface area contributed by atoms with E-state index in [0.717, 1.165) is 13.0 Å². The largest absolute Gasteiger partial charge is 0.442 e. The molecule has 0 aliphatic rings.